The zero-order valence-corrected chi connectivity index (χ0v) is 18.1. The number of furan rings is 1. The van der Waals surface area contributed by atoms with Crippen molar-refractivity contribution < 1.29 is 9.21 Å². The van der Waals surface area contributed by atoms with E-state index in [2.05, 4.69) is 53.3 Å². The molecule has 4 rings (SSSR count). The van der Waals surface area contributed by atoms with Gasteiger partial charge in [-0.1, -0.05) is 47.7 Å². The largest absolute Gasteiger partial charge is 0.469 e. The number of rotatable bonds is 9. The summed E-state index contributed by atoms with van der Waals surface area (Å²) >= 11 is 1.39. The van der Waals surface area contributed by atoms with E-state index in [0.717, 1.165) is 30.0 Å². The van der Waals surface area contributed by atoms with Gasteiger partial charge in [-0.15, -0.1) is 16.8 Å². The van der Waals surface area contributed by atoms with Gasteiger partial charge in [-0.25, -0.2) is 0 Å². The number of carbonyl (C=O) groups excluding carboxylic acids is 1. The van der Waals surface area contributed by atoms with Gasteiger partial charge in [0.1, 0.15) is 5.76 Å². The first kappa shape index (κ1) is 20.5. The summed E-state index contributed by atoms with van der Waals surface area (Å²) in [5.41, 5.74) is 3.29. The Kier molecular flexibility index (Phi) is 6.08. The normalized spacial score (nSPS) is 14.5. The molecular weight excluding hydrogens is 396 g/mol. The summed E-state index contributed by atoms with van der Waals surface area (Å²) in [4.78, 5) is 12.7. The molecule has 1 aliphatic carbocycles. The topological polar surface area (TPSA) is 73.0 Å². The quantitative estimate of drug-likeness (QED) is 0.400. The van der Waals surface area contributed by atoms with E-state index in [1.54, 1.807) is 12.3 Å². The summed E-state index contributed by atoms with van der Waals surface area (Å²) in [6.45, 7) is 8.36. The lowest BCUT2D eigenvalue weighted by Gasteiger charge is -2.19. The van der Waals surface area contributed by atoms with Crippen LogP contribution in [0.4, 0.5) is 0 Å². The Hall–Kier alpha value is -2.80. The van der Waals surface area contributed by atoms with Gasteiger partial charge in [0.2, 0.25) is 5.91 Å². The molecule has 2 aromatic heterocycles. The van der Waals surface area contributed by atoms with Gasteiger partial charge < -0.3 is 9.73 Å². The van der Waals surface area contributed by atoms with E-state index < -0.39 is 0 Å². The van der Waals surface area contributed by atoms with Gasteiger partial charge in [-0.05, 0) is 44.2 Å². The van der Waals surface area contributed by atoms with Crippen molar-refractivity contribution in [3.8, 4) is 11.4 Å². The molecule has 6 nitrogen and oxygen atoms in total. The number of hydrogen-bond donors (Lipinski definition) is 1. The summed E-state index contributed by atoms with van der Waals surface area (Å²) in [6.07, 6.45) is 5.76. The maximum atomic E-state index is 12.7. The zero-order valence-electron chi connectivity index (χ0n) is 17.3. The van der Waals surface area contributed by atoms with Crippen molar-refractivity contribution in [1.29, 1.82) is 0 Å². The molecule has 3 aromatic rings. The fraction of sp³-hybridized carbons (Fsp3) is 0.348. The van der Waals surface area contributed by atoms with Crippen molar-refractivity contribution in [2.45, 2.75) is 44.4 Å². The number of carbonyl (C=O) groups is 1. The lowest BCUT2D eigenvalue weighted by atomic mass is 10.0. The van der Waals surface area contributed by atoms with Crippen molar-refractivity contribution in [3.63, 3.8) is 0 Å². The van der Waals surface area contributed by atoms with E-state index in [4.69, 9.17) is 4.42 Å². The van der Waals surface area contributed by atoms with Crippen LogP contribution in [0.1, 0.15) is 35.8 Å². The predicted octanol–water partition coefficient (Wildman–Crippen LogP) is 4.70. The van der Waals surface area contributed by atoms with Gasteiger partial charge in [-0.3, -0.25) is 9.36 Å². The van der Waals surface area contributed by atoms with Crippen LogP contribution in [0.3, 0.4) is 0 Å². The fourth-order valence-corrected chi connectivity index (χ4v) is 4.29. The molecule has 1 N–H and O–H groups in total. The second-order valence-corrected chi connectivity index (χ2v) is 8.62. The standard InChI is InChI=1S/C23H26N4O2S/c1-4-12-27-22(19-11-13-29-16(19)3)25-26-23(27)30-14-20(28)24-21(18-9-10-18)17-7-5-15(2)6-8-17/h4-8,11,13,18,21H,1,9-10,12,14H2,2-3H3,(H,24,28). The Morgan fingerprint density at radius 1 is 1.30 bits per heavy atom. The van der Waals surface area contributed by atoms with Crippen molar-refractivity contribution >= 4 is 17.7 Å². The second kappa shape index (κ2) is 8.92. The first-order valence-corrected chi connectivity index (χ1v) is 11.1. The summed E-state index contributed by atoms with van der Waals surface area (Å²) in [7, 11) is 0. The predicted molar refractivity (Wildman–Crippen MR) is 118 cm³/mol. The molecule has 2 heterocycles. The Morgan fingerprint density at radius 2 is 2.07 bits per heavy atom. The number of allylic oxidation sites excluding steroid dienone is 1. The first-order chi connectivity index (χ1) is 14.6. The molecule has 0 aliphatic heterocycles. The molecule has 1 unspecified atom stereocenters. The number of nitrogens with one attached hydrogen (secondary N) is 1. The fourth-order valence-electron chi connectivity index (χ4n) is 3.53. The van der Waals surface area contributed by atoms with E-state index in [0.29, 0.717) is 17.6 Å². The van der Waals surface area contributed by atoms with Crippen LogP contribution >= 0.6 is 11.8 Å². The molecule has 1 amide bonds. The molecule has 1 aliphatic rings. The highest BCUT2D eigenvalue weighted by atomic mass is 32.2. The number of nitrogens with zero attached hydrogens (tertiary/aromatic N) is 3. The lowest BCUT2D eigenvalue weighted by molar-refractivity contribution is -0.119. The van der Waals surface area contributed by atoms with Crippen LogP contribution < -0.4 is 5.32 Å². The van der Waals surface area contributed by atoms with Crippen LogP contribution in [0.5, 0.6) is 0 Å². The maximum Gasteiger partial charge on any atom is 0.230 e. The highest BCUT2D eigenvalue weighted by Crippen LogP contribution is 2.41. The van der Waals surface area contributed by atoms with E-state index in [1.165, 1.54) is 22.9 Å². The molecule has 7 heteroatoms. The summed E-state index contributed by atoms with van der Waals surface area (Å²) < 4.78 is 7.36. The number of aryl methyl sites for hydroxylation is 2. The molecule has 1 saturated carbocycles. The number of hydrogen-bond acceptors (Lipinski definition) is 5. The van der Waals surface area contributed by atoms with Crippen LogP contribution in [-0.2, 0) is 11.3 Å². The van der Waals surface area contributed by atoms with Gasteiger partial charge in [0, 0.05) is 6.54 Å². The van der Waals surface area contributed by atoms with Crippen LogP contribution in [0.2, 0.25) is 0 Å². The highest BCUT2D eigenvalue weighted by molar-refractivity contribution is 7.99. The summed E-state index contributed by atoms with van der Waals surface area (Å²) in [5, 5.41) is 12.5. The van der Waals surface area contributed by atoms with E-state index in [1.807, 2.05) is 17.6 Å². The third-order valence-electron chi connectivity index (χ3n) is 5.31. The number of aromatic nitrogens is 3. The van der Waals surface area contributed by atoms with Gasteiger partial charge in [0.25, 0.3) is 0 Å². The minimum atomic E-state index is 0.00618. The Bertz CT molecular complexity index is 1030. The monoisotopic (exact) mass is 422 g/mol. The average molecular weight is 423 g/mol. The van der Waals surface area contributed by atoms with Crippen LogP contribution in [-0.4, -0.2) is 26.4 Å². The lowest BCUT2D eigenvalue weighted by Crippen LogP contribution is -2.31. The van der Waals surface area contributed by atoms with E-state index in [9.17, 15) is 4.79 Å². The molecule has 156 valence electrons. The SMILES string of the molecule is C=CCn1c(SCC(=O)NC(c2ccc(C)cc2)C2CC2)nnc1-c1ccoc1C. The van der Waals surface area contributed by atoms with Crippen molar-refractivity contribution in [2.75, 3.05) is 5.75 Å². The van der Waals surface area contributed by atoms with Gasteiger partial charge in [0.15, 0.2) is 11.0 Å². The molecule has 0 bridgehead atoms. The van der Waals surface area contributed by atoms with Crippen LogP contribution in [0, 0.1) is 19.8 Å². The number of benzene rings is 1. The zero-order chi connectivity index (χ0) is 21.1. The Labute approximate surface area is 180 Å². The number of thioether (sulfide) groups is 1. The van der Waals surface area contributed by atoms with Crippen molar-refractivity contribution in [2.24, 2.45) is 5.92 Å². The molecule has 30 heavy (non-hydrogen) atoms. The van der Waals surface area contributed by atoms with Gasteiger partial charge in [0.05, 0.1) is 23.6 Å². The molecule has 0 spiro atoms. The maximum absolute atomic E-state index is 12.7. The van der Waals surface area contributed by atoms with E-state index in [-0.39, 0.29) is 17.7 Å². The molecule has 1 aromatic carbocycles. The minimum absolute atomic E-state index is 0.00618. The van der Waals surface area contributed by atoms with Crippen molar-refractivity contribution in [1.82, 2.24) is 20.1 Å². The number of amides is 1. The van der Waals surface area contributed by atoms with E-state index >= 15 is 0 Å². The first-order valence-electron chi connectivity index (χ1n) is 10.1. The van der Waals surface area contributed by atoms with Gasteiger partial charge in [-0.2, -0.15) is 0 Å². The molecular formula is C23H26N4O2S. The summed E-state index contributed by atoms with van der Waals surface area (Å²) in [6, 6.07) is 10.4. The van der Waals surface area contributed by atoms with Gasteiger partial charge >= 0.3 is 0 Å². The third kappa shape index (κ3) is 4.51. The molecule has 0 saturated heterocycles. The summed E-state index contributed by atoms with van der Waals surface area (Å²) in [5.74, 6) is 2.33. The Balaban J connectivity index is 1.44. The van der Waals surface area contributed by atoms with Crippen LogP contribution in [0.15, 0.2) is 58.8 Å². The average Bonchev–Trinajstić information content (AvgIpc) is 3.38. The van der Waals surface area contributed by atoms with Crippen molar-refractivity contribution in [3.05, 3.63) is 66.1 Å². The third-order valence-corrected chi connectivity index (χ3v) is 6.27. The Morgan fingerprint density at radius 3 is 2.70 bits per heavy atom. The molecule has 1 fully saturated rings. The minimum Gasteiger partial charge on any atom is -0.469 e. The second-order valence-electron chi connectivity index (χ2n) is 7.68. The highest BCUT2D eigenvalue weighted by Gasteiger charge is 2.33. The smallest absolute Gasteiger partial charge is 0.230 e. The van der Waals surface area contributed by atoms with Crippen LogP contribution in [0.25, 0.3) is 11.4 Å². The molecule has 1 atom stereocenters. The molecule has 0 radical (unpaired) electrons.